The average molecular weight is 334 g/mol. The molecule has 3 heterocycles. The minimum absolute atomic E-state index is 0.0381. The fourth-order valence-electron chi connectivity index (χ4n) is 3.45. The summed E-state index contributed by atoms with van der Waals surface area (Å²) in [6, 6.07) is 16.3. The summed E-state index contributed by atoms with van der Waals surface area (Å²) in [5.74, 6) is 0.887. The summed E-state index contributed by atoms with van der Waals surface area (Å²) in [6.07, 6.45) is 1.95. The number of rotatable bonds is 3. The molecule has 25 heavy (non-hydrogen) atoms. The molecule has 0 radical (unpaired) electrons. The molecule has 1 aromatic carbocycles. The molecule has 0 atom stereocenters. The van der Waals surface area contributed by atoms with E-state index in [4.69, 9.17) is 0 Å². The highest BCUT2D eigenvalue weighted by Gasteiger charge is 2.25. The van der Waals surface area contributed by atoms with Crippen LogP contribution in [0.1, 0.15) is 21.9 Å². The lowest BCUT2D eigenvalue weighted by Gasteiger charge is -2.34. The molecule has 5 heteroatoms. The van der Waals surface area contributed by atoms with Crippen LogP contribution in [0.5, 0.6) is 0 Å². The number of fused-ring (bicyclic) bond motifs is 1. The van der Waals surface area contributed by atoms with Gasteiger partial charge in [0.05, 0.1) is 5.52 Å². The van der Waals surface area contributed by atoms with Crippen molar-refractivity contribution in [2.75, 3.05) is 26.2 Å². The number of hydrogen-bond donors (Lipinski definition) is 0. The molecule has 0 saturated carbocycles. The molecule has 3 aromatic rings. The SMILES string of the molecule is Cc1nc(C(=O)N2CCN(Cc3ccccc3)CC2)c2ccccn12. The van der Waals surface area contributed by atoms with E-state index in [9.17, 15) is 4.79 Å². The summed E-state index contributed by atoms with van der Waals surface area (Å²) in [7, 11) is 0. The molecular formula is C20H22N4O. The van der Waals surface area contributed by atoms with E-state index >= 15 is 0 Å². The molecule has 4 rings (SSSR count). The summed E-state index contributed by atoms with van der Waals surface area (Å²) in [5, 5.41) is 0. The highest BCUT2D eigenvalue weighted by atomic mass is 16.2. The average Bonchev–Trinajstić information content (AvgIpc) is 3.00. The molecule has 1 saturated heterocycles. The predicted molar refractivity (Wildman–Crippen MR) is 97.6 cm³/mol. The maximum absolute atomic E-state index is 12.9. The number of carbonyl (C=O) groups is 1. The van der Waals surface area contributed by atoms with E-state index < -0.39 is 0 Å². The Bertz CT molecular complexity index is 879. The molecule has 2 aromatic heterocycles. The Morgan fingerprint density at radius 1 is 1.00 bits per heavy atom. The molecule has 1 aliphatic rings. The molecule has 0 N–H and O–H groups in total. The lowest BCUT2D eigenvalue weighted by atomic mass is 10.2. The number of benzene rings is 1. The van der Waals surface area contributed by atoms with Crippen molar-refractivity contribution in [2.24, 2.45) is 0 Å². The third-order valence-electron chi connectivity index (χ3n) is 4.84. The number of aryl methyl sites for hydroxylation is 1. The van der Waals surface area contributed by atoms with Crippen molar-refractivity contribution in [2.45, 2.75) is 13.5 Å². The summed E-state index contributed by atoms with van der Waals surface area (Å²) < 4.78 is 1.97. The van der Waals surface area contributed by atoms with E-state index in [0.717, 1.165) is 44.1 Å². The lowest BCUT2D eigenvalue weighted by Crippen LogP contribution is -2.48. The van der Waals surface area contributed by atoms with Crippen molar-refractivity contribution < 1.29 is 4.79 Å². The Balaban J connectivity index is 1.44. The zero-order valence-corrected chi connectivity index (χ0v) is 14.4. The second-order valence-corrected chi connectivity index (χ2v) is 6.52. The van der Waals surface area contributed by atoms with Crippen LogP contribution in [0.2, 0.25) is 0 Å². The predicted octanol–water partition coefficient (Wildman–Crippen LogP) is 2.60. The molecule has 0 spiro atoms. The Morgan fingerprint density at radius 3 is 2.48 bits per heavy atom. The fourth-order valence-corrected chi connectivity index (χ4v) is 3.45. The van der Waals surface area contributed by atoms with Gasteiger partial charge in [-0.15, -0.1) is 0 Å². The normalized spacial score (nSPS) is 15.6. The van der Waals surface area contributed by atoms with Gasteiger partial charge in [0, 0.05) is 38.9 Å². The third kappa shape index (κ3) is 3.15. The molecule has 1 aliphatic heterocycles. The summed E-state index contributed by atoms with van der Waals surface area (Å²) in [5.41, 5.74) is 2.77. The second kappa shape index (κ2) is 6.69. The van der Waals surface area contributed by atoms with Crippen molar-refractivity contribution in [3.05, 3.63) is 71.8 Å². The van der Waals surface area contributed by atoms with Gasteiger partial charge < -0.3 is 9.30 Å². The van der Waals surface area contributed by atoms with Crippen molar-refractivity contribution in [1.29, 1.82) is 0 Å². The number of imidazole rings is 1. The molecule has 0 unspecified atom stereocenters. The first-order valence-corrected chi connectivity index (χ1v) is 8.71. The molecule has 1 amide bonds. The van der Waals surface area contributed by atoms with Gasteiger partial charge in [0.1, 0.15) is 5.82 Å². The minimum atomic E-state index is 0.0381. The zero-order chi connectivity index (χ0) is 17.2. The first-order valence-electron chi connectivity index (χ1n) is 8.71. The van der Waals surface area contributed by atoms with Gasteiger partial charge in [-0.05, 0) is 24.6 Å². The van der Waals surface area contributed by atoms with Gasteiger partial charge in [0.25, 0.3) is 5.91 Å². The van der Waals surface area contributed by atoms with E-state index in [-0.39, 0.29) is 5.91 Å². The van der Waals surface area contributed by atoms with Gasteiger partial charge in [-0.2, -0.15) is 0 Å². The van der Waals surface area contributed by atoms with Crippen LogP contribution in [0.25, 0.3) is 5.52 Å². The Hall–Kier alpha value is -2.66. The molecule has 1 fully saturated rings. The second-order valence-electron chi connectivity index (χ2n) is 6.52. The van der Waals surface area contributed by atoms with Gasteiger partial charge in [-0.25, -0.2) is 4.98 Å². The molecule has 128 valence electrons. The van der Waals surface area contributed by atoms with Crippen LogP contribution >= 0.6 is 0 Å². The Labute approximate surface area is 147 Å². The van der Waals surface area contributed by atoms with Gasteiger partial charge in [0.2, 0.25) is 0 Å². The first kappa shape index (κ1) is 15.8. The maximum atomic E-state index is 12.9. The fraction of sp³-hybridized carbons (Fsp3) is 0.300. The van der Waals surface area contributed by atoms with Crippen LogP contribution in [-0.4, -0.2) is 51.3 Å². The monoisotopic (exact) mass is 334 g/mol. The molecule has 0 bridgehead atoms. The first-order chi connectivity index (χ1) is 12.2. The maximum Gasteiger partial charge on any atom is 0.274 e. The summed E-state index contributed by atoms with van der Waals surface area (Å²) >= 11 is 0. The van der Waals surface area contributed by atoms with Crippen LogP contribution in [0, 0.1) is 6.92 Å². The smallest absolute Gasteiger partial charge is 0.274 e. The van der Waals surface area contributed by atoms with E-state index in [1.807, 2.05) is 46.7 Å². The van der Waals surface area contributed by atoms with Gasteiger partial charge in [0.15, 0.2) is 5.69 Å². The number of nitrogens with zero attached hydrogens (tertiary/aromatic N) is 4. The van der Waals surface area contributed by atoms with Crippen LogP contribution in [0.15, 0.2) is 54.7 Å². The van der Waals surface area contributed by atoms with E-state index in [1.165, 1.54) is 5.56 Å². The van der Waals surface area contributed by atoms with Gasteiger partial charge in [-0.1, -0.05) is 36.4 Å². The number of carbonyl (C=O) groups excluding carboxylic acids is 1. The lowest BCUT2D eigenvalue weighted by molar-refractivity contribution is 0.0625. The van der Waals surface area contributed by atoms with Crippen molar-refractivity contribution in [3.63, 3.8) is 0 Å². The standard InChI is InChI=1S/C20H22N4O/c1-16-21-19(18-9-5-6-10-24(16)18)20(25)23-13-11-22(12-14-23)15-17-7-3-2-4-8-17/h2-10H,11-15H2,1H3. The third-order valence-corrected chi connectivity index (χ3v) is 4.84. The number of hydrogen-bond acceptors (Lipinski definition) is 3. The largest absolute Gasteiger partial charge is 0.335 e. The van der Waals surface area contributed by atoms with Crippen molar-refractivity contribution in [3.8, 4) is 0 Å². The highest BCUT2D eigenvalue weighted by Crippen LogP contribution is 2.16. The number of pyridine rings is 1. The molecular weight excluding hydrogens is 312 g/mol. The summed E-state index contributed by atoms with van der Waals surface area (Å²) in [4.78, 5) is 21.8. The summed E-state index contributed by atoms with van der Waals surface area (Å²) in [6.45, 7) is 6.15. The van der Waals surface area contributed by atoms with Crippen LogP contribution in [-0.2, 0) is 6.54 Å². The van der Waals surface area contributed by atoms with Gasteiger partial charge in [-0.3, -0.25) is 9.69 Å². The van der Waals surface area contributed by atoms with Crippen LogP contribution in [0.4, 0.5) is 0 Å². The minimum Gasteiger partial charge on any atom is -0.335 e. The van der Waals surface area contributed by atoms with Crippen LogP contribution < -0.4 is 0 Å². The quantitative estimate of drug-likeness (QED) is 0.739. The van der Waals surface area contributed by atoms with E-state index in [0.29, 0.717) is 5.69 Å². The molecule has 0 aliphatic carbocycles. The van der Waals surface area contributed by atoms with E-state index in [2.05, 4.69) is 34.1 Å². The van der Waals surface area contributed by atoms with Crippen molar-refractivity contribution in [1.82, 2.24) is 19.2 Å². The van der Waals surface area contributed by atoms with Crippen molar-refractivity contribution >= 4 is 11.4 Å². The van der Waals surface area contributed by atoms with Crippen LogP contribution in [0.3, 0.4) is 0 Å². The Kier molecular flexibility index (Phi) is 4.24. The number of piperazine rings is 1. The molecule has 5 nitrogen and oxygen atoms in total. The Morgan fingerprint density at radius 2 is 1.72 bits per heavy atom. The highest BCUT2D eigenvalue weighted by molar-refractivity contribution is 5.99. The number of aromatic nitrogens is 2. The number of amides is 1. The van der Waals surface area contributed by atoms with E-state index in [1.54, 1.807) is 0 Å². The zero-order valence-electron chi connectivity index (χ0n) is 14.4. The van der Waals surface area contributed by atoms with Gasteiger partial charge >= 0.3 is 0 Å². The topological polar surface area (TPSA) is 40.9 Å².